The van der Waals surface area contributed by atoms with Crippen molar-refractivity contribution in [3.63, 3.8) is 0 Å². The highest BCUT2D eigenvalue weighted by molar-refractivity contribution is 5.95. The minimum atomic E-state index is -1.56. The number of rotatable bonds is 6. The van der Waals surface area contributed by atoms with Crippen molar-refractivity contribution in [3.8, 4) is 0 Å². The van der Waals surface area contributed by atoms with E-state index in [1.54, 1.807) is 0 Å². The molecule has 242 valence electrons. The van der Waals surface area contributed by atoms with Crippen LogP contribution in [0.3, 0.4) is 0 Å². The van der Waals surface area contributed by atoms with Crippen molar-refractivity contribution in [1.82, 2.24) is 42.2 Å². The first-order valence-corrected chi connectivity index (χ1v) is 13.2. The molecule has 44 heavy (non-hydrogen) atoms. The number of carbonyl (C=O) groups is 8. The van der Waals surface area contributed by atoms with Crippen molar-refractivity contribution in [2.75, 3.05) is 45.8 Å². The Morgan fingerprint density at radius 3 is 1.98 bits per heavy atom. The summed E-state index contributed by atoms with van der Waals surface area (Å²) in [4.78, 5) is 102. The third-order valence-corrected chi connectivity index (χ3v) is 5.73. The highest BCUT2D eigenvalue weighted by atomic mass is 16.4. The van der Waals surface area contributed by atoms with Gasteiger partial charge in [0.1, 0.15) is 18.6 Å². The van der Waals surface area contributed by atoms with Crippen LogP contribution in [0.5, 0.6) is 0 Å². The second-order valence-electron chi connectivity index (χ2n) is 9.41. The zero-order chi connectivity index (χ0) is 32.6. The Balaban J connectivity index is 2.15. The summed E-state index contributed by atoms with van der Waals surface area (Å²) in [5.74, 6) is -7.09. The Labute approximate surface area is 249 Å². The number of guanidine groups is 1. The smallest absolute Gasteiger partial charge is 0.305 e. The number of carboxylic acids is 1. The quantitative estimate of drug-likeness (QED) is 0.0748. The number of amides is 7. The van der Waals surface area contributed by atoms with Crippen LogP contribution in [-0.4, -0.2) is 127 Å². The van der Waals surface area contributed by atoms with Crippen molar-refractivity contribution in [3.05, 3.63) is 0 Å². The first kappa shape index (κ1) is 34.6. The molecule has 0 spiro atoms. The Kier molecular flexibility index (Phi) is 13.7. The third kappa shape index (κ3) is 13.4. The van der Waals surface area contributed by atoms with E-state index in [2.05, 4.69) is 52.5 Å². The van der Waals surface area contributed by atoms with Crippen LogP contribution >= 0.6 is 0 Å². The Morgan fingerprint density at radius 2 is 1.36 bits per heavy atom. The van der Waals surface area contributed by atoms with E-state index in [1.807, 2.05) is 0 Å². The number of nitrogens with zero attached hydrogens (tertiary/aromatic N) is 4. The number of carbonyl (C=O) groups excluding carboxylic acids is 7. The second kappa shape index (κ2) is 17.4. The summed E-state index contributed by atoms with van der Waals surface area (Å²) in [6.45, 7) is -2.56. The maximum Gasteiger partial charge on any atom is 0.305 e. The van der Waals surface area contributed by atoms with Crippen molar-refractivity contribution >= 4 is 53.3 Å². The molecule has 0 aromatic rings. The van der Waals surface area contributed by atoms with E-state index in [9.17, 15) is 43.5 Å². The summed E-state index contributed by atoms with van der Waals surface area (Å²) in [5, 5.41) is 34.1. The molecular weight excluding hydrogens is 590 g/mol. The lowest BCUT2D eigenvalue weighted by atomic mass is 10.1. The number of fused-ring (bicyclic) bond motifs is 2. The van der Waals surface area contributed by atoms with Crippen molar-refractivity contribution in [2.45, 2.75) is 37.5 Å². The van der Waals surface area contributed by atoms with Gasteiger partial charge in [0.05, 0.1) is 39.1 Å². The van der Waals surface area contributed by atoms with Crippen LogP contribution in [0.2, 0.25) is 0 Å². The highest BCUT2D eigenvalue weighted by Gasteiger charge is 2.29. The summed E-state index contributed by atoms with van der Waals surface area (Å²) in [6, 6.07) is -2.77. The molecule has 0 aliphatic carbocycles. The fourth-order valence-electron chi connectivity index (χ4n) is 3.66. The highest BCUT2D eigenvalue weighted by Crippen LogP contribution is 2.07. The van der Waals surface area contributed by atoms with E-state index in [1.165, 1.54) is 5.01 Å². The minimum absolute atomic E-state index is 0.0166. The van der Waals surface area contributed by atoms with Gasteiger partial charge in [0.2, 0.25) is 41.4 Å². The molecule has 1 unspecified atom stereocenters. The number of nitrogens with one attached hydrogen (secondary N) is 7. The van der Waals surface area contributed by atoms with E-state index in [4.69, 9.17) is 11.5 Å². The molecule has 22 heteroatoms. The molecule has 1 saturated heterocycles. The molecule has 7 amide bonds. The lowest BCUT2D eigenvalue weighted by Crippen LogP contribution is -2.54. The van der Waals surface area contributed by atoms with Crippen molar-refractivity contribution in [1.29, 1.82) is 0 Å². The molecule has 2 heterocycles. The SMILES string of the molecule is NC(N)=NCCC[C@@H]1NC(=O)CNC(=O)CNC(=O)CNC(=O)CN2CC(N=N2)NC(=O)[C@H](CC(=O)O)NC(=O)CNC1=O. The van der Waals surface area contributed by atoms with Gasteiger partial charge in [-0.05, 0) is 12.8 Å². The lowest BCUT2D eigenvalue weighted by molar-refractivity contribution is -0.141. The van der Waals surface area contributed by atoms with Crippen molar-refractivity contribution in [2.24, 2.45) is 26.8 Å². The summed E-state index contributed by atoms with van der Waals surface area (Å²) >= 11 is 0. The molecular formula is C22H35N13O9. The predicted molar refractivity (Wildman–Crippen MR) is 146 cm³/mol. The molecule has 22 nitrogen and oxygen atoms in total. The molecule has 0 aromatic carbocycles. The number of hydrogen-bond acceptors (Lipinski definition) is 12. The maximum absolute atomic E-state index is 12.8. The lowest BCUT2D eigenvalue weighted by Gasteiger charge is -2.21. The molecule has 2 rings (SSSR count). The molecule has 2 bridgehead atoms. The molecule has 3 atom stereocenters. The first-order valence-electron chi connectivity index (χ1n) is 13.2. The zero-order valence-corrected chi connectivity index (χ0v) is 23.5. The van der Waals surface area contributed by atoms with E-state index in [0.29, 0.717) is 0 Å². The van der Waals surface area contributed by atoms with Crippen LogP contribution in [-0.2, 0) is 38.4 Å². The van der Waals surface area contributed by atoms with Crippen LogP contribution < -0.4 is 48.7 Å². The van der Waals surface area contributed by atoms with Gasteiger partial charge in [0.15, 0.2) is 12.1 Å². The van der Waals surface area contributed by atoms with E-state index in [-0.39, 0.29) is 38.4 Å². The van der Waals surface area contributed by atoms with E-state index in [0.717, 1.165) is 0 Å². The summed E-state index contributed by atoms with van der Waals surface area (Å²) in [7, 11) is 0. The molecule has 1 fully saturated rings. The standard InChI is InChI=1S/C22H35N13O9/c23-22(24)25-3-1-2-11-20(43)29-8-17(39)31-12(4-19(41)42)21(44)32-13-9-35(34-33-13)10-18(40)28-6-15(37)26-5-14(36)27-7-16(38)30-11/h11-13H,1-10H2,(H,26,37)(H,27,36)(H,28,40)(H,29,43)(H,30,38)(H,31,39)(H,32,44)(H,41,42)(H4,23,24,25)/t11-,12-,13?/m0/s1. The normalized spacial score (nSPS) is 23.0. The summed E-state index contributed by atoms with van der Waals surface area (Å²) in [6.07, 6.45) is -1.55. The fourth-order valence-corrected chi connectivity index (χ4v) is 3.66. The van der Waals surface area contributed by atoms with Crippen LogP contribution in [0.4, 0.5) is 0 Å². The van der Waals surface area contributed by atoms with E-state index < -0.39 is 98.2 Å². The Morgan fingerprint density at radius 1 is 0.795 bits per heavy atom. The van der Waals surface area contributed by atoms with Gasteiger partial charge in [0.25, 0.3) is 0 Å². The molecule has 12 N–H and O–H groups in total. The zero-order valence-electron chi connectivity index (χ0n) is 23.5. The average Bonchev–Trinajstić information content (AvgIpc) is 3.39. The largest absolute Gasteiger partial charge is 0.481 e. The van der Waals surface area contributed by atoms with Gasteiger partial charge >= 0.3 is 5.97 Å². The van der Waals surface area contributed by atoms with E-state index >= 15 is 0 Å². The predicted octanol–water partition coefficient (Wildman–Crippen LogP) is -6.91. The van der Waals surface area contributed by atoms with Gasteiger partial charge in [-0.2, -0.15) is 0 Å². The van der Waals surface area contributed by atoms with Gasteiger partial charge in [-0.1, -0.05) is 5.22 Å². The molecule has 0 radical (unpaired) electrons. The molecule has 0 aromatic heterocycles. The third-order valence-electron chi connectivity index (χ3n) is 5.73. The molecule has 0 saturated carbocycles. The average molecular weight is 626 g/mol. The summed E-state index contributed by atoms with van der Waals surface area (Å²) < 4.78 is 0. The minimum Gasteiger partial charge on any atom is -0.481 e. The molecule has 2 aliphatic rings. The second-order valence-corrected chi connectivity index (χ2v) is 9.41. The number of aliphatic imine (C=N–C) groups is 1. The van der Waals surface area contributed by atoms with Crippen molar-refractivity contribution < 1.29 is 43.5 Å². The monoisotopic (exact) mass is 625 g/mol. The van der Waals surface area contributed by atoms with Gasteiger partial charge in [0, 0.05) is 6.54 Å². The van der Waals surface area contributed by atoms with Gasteiger partial charge in [-0.25, -0.2) is 0 Å². The van der Waals surface area contributed by atoms with Crippen LogP contribution in [0.15, 0.2) is 15.3 Å². The van der Waals surface area contributed by atoms with Gasteiger partial charge in [-0.15, -0.1) is 5.11 Å². The number of carboxylic acid groups (broad SMARTS) is 1. The fraction of sp³-hybridized carbons (Fsp3) is 0.591. The summed E-state index contributed by atoms with van der Waals surface area (Å²) in [5.41, 5.74) is 10.6. The first-order chi connectivity index (χ1) is 20.8. The maximum atomic E-state index is 12.8. The number of hydrogen-bond donors (Lipinski definition) is 10. The van der Waals surface area contributed by atoms with Crippen LogP contribution in [0.1, 0.15) is 19.3 Å². The van der Waals surface area contributed by atoms with Crippen LogP contribution in [0.25, 0.3) is 0 Å². The van der Waals surface area contributed by atoms with Gasteiger partial charge < -0.3 is 53.8 Å². The van der Waals surface area contributed by atoms with Gasteiger partial charge in [-0.3, -0.25) is 48.4 Å². The number of aliphatic carboxylic acids is 1. The van der Waals surface area contributed by atoms with Crippen LogP contribution in [0, 0.1) is 0 Å². The molecule has 2 aliphatic heterocycles. The topological polar surface area (TPSA) is 333 Å². The number of nitrogens with two attached hydrogens (primary N) is 2. The Bertz CT molecular complexity index is 1190. The Hall–Kier alpha value is -5.57.